The lowest BCUT2D eigenvalue weighted by Crippen LogP contribution is -2.42. The van der Waals surface area contributed by atoms with Crippen molar-refractivity contribution in [1.82, 2.24) is 19.8 Å². The Morgan fingerprint density at radius 1 is 0.878 bits per heavy atom. The van der Waals surface area contributed by atoms with Crippen LogP contribution in [0.5, 0.6) is 0 Å². The van der Waals surface area contributed by atoms with Crippen molar-refractivity contribution >= 4 is 25.8 Å². The molecule has 0 radical (unpaired) electrons. The zero-order valence-corrected chi connectivity index (χ0v) is 26.2. The minimum absolute atomic E-state index is 0.0264. The van der Waals surface area contributed by atoms with Crippen LogP contribution >= 0.6 is 0 Å². The van der Waals surface area contributed by atoms with Crippen molar-refractivity contribution in [1.29, 1.82) is 0 Å². The molecule has 9 nitrogen and oxygen atoms in total. The molecule has 2 aromatic rings. The highest BCUT2D eigenvalue weighted by Crippen LogP contribution is 2.16. The van der Waals surface area contributed by atoms with Gasteiger partial charge in [-0.05, 0) is 68.3 Å². The van der Waals surface area contributed by atoms with E-state index in [0.29, 0.717) is 50.0 Å². The van der Waals surface area contributed by atoms with E-state index in [1.165, 1.54) is 10.6 Å². The molecule has 2 aromatic carbocycles. The molecule has 3 rings (SSSR count). The highest BCUT2D eigenvalue weighted by Gasteiger charge is 2.29. The van der Waals surface area contributed by atoms with E-state index in [0.717, 1.165) is 36.9 Å². The monoisotopic (exact) mass is 606 g/mol. The molecule has 0 spiro atoms. The molecule has 0 bridgehead atoms. The molecule has 1 saturated heterocycles. The zero-order valence-electron chi connectivity index (χ0n) is 24.6. The van der Waals surface area contributed by atoms with Gasteiger partial charge in [-0.15, -0.1) is 0 Å². The van der Waals surface area contributed by atoms with Crippen LogP contribution in [0.2, 0.25) is 0 Å². The fourth-order valence-corrected chi connectivity index (χ4v) is 6.91. The number of carbonyl (C=O) groups excluding carboxylic acids is 1. The number of hydrogen-bond acceptors (Lipinski definition) is 7. The Bertz CT molecular complexity index is 1300. The summed E-state index contributed by atoms with van der Waals surface area (Å²) in [4.78, 5) is 15.0. The van der Waals surface area contributed by atoms with Gasteiger partial charge in [-0.1, -0.05) is 49.4 Å². The summed E-state index contributed by atoms with van der Waals surface area (Å²) in [5.74, 6) is 0.217. The van der Waals surface area contributed by atoms with Crippen molar-refractivity contribution in [2.45, 2.75) is 57.0 Å². The average molecular weight is 607 g/mol. The molecule has 2 atom stereocenters. The number of amides is 1. The highest BCUT2D eigenvalue weighted by atomic mass is 32.2. The van der Waals surface area contributed by atoms with E-state index in [2.05, 4.69) is 24.5 Å². The number of rotatable bonds is 16. The first-order valence-corrected chi connectivity index (χ1v) is 18.0. The van der Waals surface area contributed by atoms with Crippen LogP contribution < -0.4 is 10.6 Å². The first kappa shape index (κ1) is 33.2. The van der Waals surface area contributed by atoms with Crippen molar-refractivity contribution in [3.63, 3.8) is 0 Å². The topological polar surface area (TPSA) is 116 Å². The van der Waals surface area contributed by atoms with Crippen molar-refractivity contribution in [3.8, 4) is 0 Å². The van der Waals surface area contributed by atoms with E-state index >= 15 is 0 Å². The molecular weight excluding hydrogens is 560 g/mol. The second kappa shape index (κ2) is 15.8. The fraction of sp³-hybridized carbons (Fsp3) is 0.567. The van der Waals surface area contributed by atoms with Gasteiger partial charge in [0.2, 0.25) is 15.9 Å². The Kier molecular flexibility index (Phi) is 12.8. The third-order valence-electron chi connectivity index (χ3n) is 7.69. The lowest BCUT2D eigenvalue weighted by Gasteiger charge is -2.23. The van der Waals surface area contributed by atoms with Crippen molar-refractivity contribution < 1.29 is 21.6 Å². The molecular formula is C30H46N4O5S2. The molecule has 1 aliphatic heterocycles. The summed E-state index contributed by atoms with van der Waals surface area (Å²) in [7, 11) is -6.70. The lowest BCUT2D eigenvalue weighted by molar-refractivity contribution is -0.130. The molecule has 0 saturated carbocycles. The molecule has 1 heterocycles. The normalized spacial score (nSPS) is 16.9. The summed E-state index contributed by atoms with van der Waals surface area (Å²) in [6, 6.07) is 17.2. The van der Waals surface area contributed by atoms with Crippen LogP contribution in [-0.4, -0.2) is 89.3 Å². The maximum atomic E-state index is 12.9. The van der Waals surface area contributed by atoms with Gasteiger partial charge in [-0.3, -0.25) is 4.79 Å². The van der Waals surface area contributed by atoms with Crippen molar-refractivity contribution in [3.05, 3.63) is 65.7 Å². The van der Waals surface area contributed by atoms with Crippen molar-refractivity contribution in [2.75, 3.05) is 51.3 Å². The Morgan fingerprint density at radius 3 is 2.27 bits per heavy atom. The Morgan fingerprint density at radius 2 is 1.59 bits per heavy atom. The molecule has 0 aliphatic carbocycles. The average Bonchev–Trinajstić information content (AvgIpc) is 3.12. The lowest BCUT2D eigenvalue weighted by atomic mass is 9.95. The third kappa shape index (κ3) is 11.1. The Hall–Kier alpha value is -2.31. The van der Waals surface area contributed by atoms with Gasteiger partial charge >= 0.3 is 0 Å². The molecule has 0 aromatic heterocycles. The summed E-state index contributed by atoms with van der Waals surface area (Å²) >= 11 is 0. The van der Waals surface area contributed by atoms with E-state index in [1.807, 2.05) is 42.5 Å². The largest absolute Gasteiger partial charge is 0.342 e. The number of carbonyl (C=O) groups is 1. The maximum absolute atomic E-state index is 12.9. The molecule has 1 amide bonds. The number of hydrogen-bond donors (Lipinski definition) is 2. The molecule has 2 unspecified atom stereocenters. The van der Waals surface area contributed by atoms with E-state index in [-0.39, 0.29) is 24.2 Å². The number of sulfonamides is 1. The van der Waals surface area contributed by atoms with E-state index in [9.17, 15) is 21.6 Å². The van der Waals surface area contributed by atoms with Crippen molar-refractivity contribution in [2.24, 2.45) is 5.92 Å². The Balaban J connectivity index is 1.33. The van der Waals surface area contributed by atoms with Crippen LogP contribution in [0.15, 0.2) is 59.5 Å². The maximum Gasteiger partial charge on any atom is 0.237 e. The summed E-state index contributed by atoms with van der Waals surface area (Å²) < 4.78 is 50.4. The van der Waals surface area contributed by atoms with Crippen LogP contribution in [0.3, 0.4) is 0 Å². The smallest absolute Gasteiger partial charge is 0.237 e. The van der Waals surface area contributed by atoms with Gasteiger partial charge in [-0.25, -0.2) is 16.8 Å². The van der Waals surface area contributed by atoms with Gasteiger partial charge < -0.3 is 15.5 Å². The predicted molar refractivity (Wildman–Crippen MR) is 164 cm³/mol. The summed E-state index contributed by atoms with van der Waals surface area (Å²) in [5.41, 5.74) is 2.21. The SMILES string of the molecule is CC(Cc1ccc(S(C)(=O)=O)cc1)C(C)NCCCCN1CCCN(S(=O)(=O)CCNCc2ccccc2)CC1=O. The van der Waals surface area contributed by atoms with Crippen LogP contribution in [-0.2, 0) is 37.6 Å². The number of unbranched alkanes of at least 4 members (excludes halogenated alkanes) is 1. The predicted octanol–water partition coefficient (Wildman–Crippen LogP) is 2.68. The van der Waals surface area contributed by atoms with Crippen LogP contribution in [0.25, 0.3) is 0 Å². The van der Waals surface area contributed by atoms with Gasteiger partial charge in [-0.2, -0.15) is 4.31 Å². The van der Waals surface area contributed by atoms with Gasteiger partial charge in [0.1, 0.15) is 0 Å². The quantitative estimate of drug-likeness (QED) is 0.282. The number of benzene rings is 2. The van der Waals surface area contributed by atoms with Gasteiger partial charge in [0.05, 0.1) is 17.2 Å². The Labute approximate surface area is 246 Å². The van der Waals surface area contributed by atoms with Gasteiger partial charge in [0, 0.05) is 45.0 Å². The minimum atomic E-state index is -3.51. The fourth-order valence-electron chi connectivity index (χ4n) is 4.91. The first-order valence-electron chi connectivity index (χ1n) is 14.5. The van der Waals surface area contributed by atoms with E-state index < -0.39 is 19.9 Å². The second-order valence-electron chi connectivity index (χ2n) is 11.1. The van der Waals surface area contributed by atoms with E-state index in [1.54, 1.807) is 17.0 Å². The highest BCUT2D eigenvalue weighted by molar-refractivity contribution is 7.90. The molecule has 2 N–H and O–H groups in total. The molecule has 11 heteroatoms. The summed E-state index contributed by atoms with van der Waals surface area (Å²) in [6.07, 6.45) is 4.47. The molecule has 41 heavy (non-hydrogen) atoms. The molecule has 1 fully saturated rings. The molecule has 1 aliphatic rings. The van der Waals surface area contributed by atoms with E-state index in [4.69, 9.17) is 0 Å². The number of nitrogens with one attached hydrogen (secondary N) is 2. The van der Waals surface area contributed by atoms with Gasteiger partial charge in [0.25, 0.3) is 0 Å². The minimum Gasteiger partial charge on any atom is -0.342 e. The first-order chi connectivity index (χ1) is 19.5. The number of nitrogens with zero attached hydrogens (tertiary/aromatic N) is 2. The third-order valence-corrected chi connectivity index (χ3v) is 10.6. The van der Waals surface area contributed by atoms with Gasteiger partial charge in [0.15, 0.2) is 9.84 Å². The summed E-state index contributed by atoms with van der Waals surface area (Å²) in [6.45, 7) is 7.60. The van der Waals surface area contributed by atoms with Crippen LogP contribution in [0.1, 0.15) is 44.2 Å². The standard InChI is InChI=1S/C30H46N4O5S2/c1-25(22-27-12-14-29(15-13-27)40(3,36)37)26(2)32-16-7-8-18-33-19-9-20-34(24-30(33)35)41(38,39)21-17-31-23-28-10-5-4-6-11-28/h4-6,10-15,25-26,31-32H,7-9,16-24H2,1-3H3. The summed E-state index contributed by atoms with van der Waals surface area (Å²) in [5, 5.41) is 6.75. The second-order valence-corrected chi connectivity index (χ2v) is 15.2. The van der Waals surface area contributed by atoms with Crippen LogP contribution in [0.4, 0.5) is 0 Å². The zero-order chi connectivity index (χ0) is 29.9. The van der Waals surface area contributed by atoms with Crippen LogP contribution in [0, 0.1) is 5.92 Å². The number of sulfone groups is 1. The molecule has 228 valence electrons.